The number of anilines is 1. The van der Waals surface area contributed by atoms with E-state index in [9.17, 15) is 14.4 Å². The van der Waals surface area contributed by atoms with Gasteiger partial charge < -0.3 is 19.3 Å². The number of fused-ring (bicyclic) bond motifs is 2. The van der Waals surface area contributed by atoms with Crippen LogP contribution in [0.2, 0.25) is 0 Å². The number of hydrogen-bond donors (Lipinski definition) is 0. The van der Waals surface area contributed by atoms with Crippen molar-refractivity contribution >= 4 is 24.0 Å². The largest absolute Gasteiger partial charge is 0.444 e. The van der Waals surface area contributed by atoms with E-state index in [2.05, 4.69) is 0 Å². The smallest absolute Gasteiger partial charge is 0.410 e. The summed E-state index contributed by atoms with van der Waals surface area (Å²) in [5, 5.41) is 0. The highest BCUT2D eigenvalue weighted by Gasteiger charge is 2.52. The van der Waals surface area contributed by atoms with Gasteiger partial charge in [-0.2, -0.15) is 0 Å². The summed E-state index contributed by atoms with van der Waals surface area (Å²) in [6.07, 6.45) is 1.49. The Morgan fingerprint density at radius 3 is 2.48 bits per heavy atom. The Bertz CT molecular complexity index is 700. The van der Waals surface area contributed by atoms with Crippen molar-refractivity contribution in [2.75, 3.05) is 24.5 Å². The molecule has 134 valence electrons. The molecular weight excluding hydrogens is 320 g/mol. The summed E-state index contributed by atoms with van der Waals surface area (Å²) in [7, 11) is 0. The van der Waals surface area contributed by atoms with Crippen LogP contribution in [0.3, 0.4) is 0 Å². The van der Waals surface area contributed by atoms with Gasteiger partial charge in [-0.15, -0.1) is 0 Å². The third-order valence-electron chi connectivity index (χ3n) is 4.89. The number of piperidine rings is 1. The Morgan fingerprint density at radius 1 is 1.24 bits per heavy atom. The maximum Gasteiger partial charge on any atom is 0.410 e. The first-order chi connectivity index (χ1) is 11.8. The molecule has 1 aromatic carbocycles. The van der Waals surface area contributed by atoms with E-state index in [1.54, 1.807) is 9.80 Å². The molecule has 1 saturated heterocycles. The van der Waals surface area contributed by atoms with Crippen LogP contribution in [0.4, 0.5) is 10.5 Å². The number of likely N-dealkylation sites (tertiary alicyclic amines) is 1. The minimum absolute atomic E-state index is 0.0374. The Kier molecular flexibility index (Phi) is 4.31. The van der Waals surface area contributed by atoms with Gasteiger partial charge >= 0.3 is 6.09 Å². The van der Waals surface area contributed by atoms with Gasteiger partial charge in [0.25, 0.3) is 0 Å². The summed E-state index contributed by atoms with van der Waals surface area (Å²) in [6.45, 7) is 6.50. The molecule has 6 nitrogen and oxygen atoms in total. The van der Waals surface area contributed by atoms with E-state index in [1.807, 2.05) is 45.0 Å². The van der Waals surface area contributed by atoms with Gasteiger partial charge in [-0.3, -0.25) is 4.79 Å². The molecule has 0 saturated carbocycles. The molecule has 2 amide bonds. The van der Waals surface area contributed by atoms with E-state index in [-0.39, 0.29) is 18.5 Å². The summed E-state index contributed by atoms with van der Waals surface area (Å²) in [4.78, 5) is 39.6. The predicted molar refractivity (Wildman–Crippen MR) is 93.6 cm³/mol. The molecule has 0 unspecified atom stereocenters. The highest BCUT2D eigenvalue weighted by Crippen LogP contribution is 2.47. The van der Waals surface area contributed by atoms with E-state index in [0.717, 1.165) is 17.5 Å². The molecule has 0 N–H and O–H groups in total. The molecule has 3 rings (SSSR count). The fourth-order valence-corrected chi connectivity index (χ4v) is 3.73. The molecule has 0 aliphatic carbocycles. The Labute approximate surface area is 147 Å². The first-order valence-corrected chi connectivity index (χ1v) is 8.61. The molecule has 1 fully saturated rings. The molecule has 1 spiro atoms. The van der Waals surface area contributed by atoms with E-state index >= 15 is 0 Å². The van der Waals surface area contributed by atoms with Crippen molar-refractivity contribution in [2.45, 2.75) is 44.6 Å². The van der Waals surface area contributed by atoms with Crippen LogP contribution in [-0.4, -0.2) is 48.4 Å². The van der Waals surface area contributed by atoms with Crippen molar-refractivity contribution < 1.29 is 19.1 Å². The summed E-state index contributed by atoms with van der Waals surface area (Å²) in [5.74, 6) is -0.0374. The normalized spacial score (nSPS) is 19.1. The van der Waals surface area contributed by atoms with Gasteiger partial charge in [0.1, 0.15) is 11.9 Å². The lowest BCUT2D eigenvalue weighted by atomic mass is 9.74. The van der Waals surface area contributed by atoms with Crippen LogP contribution in [0.1, 0.15) is 39.2 Å². The van der Waals surface area contributed by atoms with Crippen LogP contribution in [0.15, 0.2) is 24.3 Å². The van der Waals surface area contributed by atoms with Gasteiger partial charge in [0, 0.05) is 18.8 Å². The van der Waals surface area contributed by atoms with E-state index in [0.29, 0.717) is 25.9 Å². The van der Waals surface area contributed by atoms with Gasteiger partial charge in [0.2, 0.25) is 5.91 Å². The second-order valence-electron chi connectivity index (χ2n) is 7.65. The minimum atomic E-state index is -0.641. The number of carbonyl (C=O) groups excluding carboxylic acids is 3. The van der Waals surface area contributed by atoms with Crippen molar-refractivity contribution in [3.05, 3.63) is 29.8 Å². The molecule has 2 aliphatic rings. The highest BCUT2D eigenvalue weighted by atomic mass is 16.6. The topological polar surface area (TPSA) is 66.9 Å². The third kappa shape index (κ3) is 3.01. The number of para-hydroxylation sites is 1. The lowest BCUT2D eigenvalue weighted by molar-refractivity contribution is -0.125. The maximum absolute atomic E-state index is 13.1. The SMILES string of the molecule is CC(C)(C)OC(=O)N1CCC2(CC1)C(=O)N(CC=O)c1ccccc12. The van der Waals surface area contributed by atoms with Crippen LogP contribution in [-0.2, 0) is 19.7 Å². The quantitative estimate of drug-likeness (QED) is 0.773. The molecule has 0 atom stereocenters. The Hall–Kier alpha value is -2.37. The van der Waals surface area contributed by atoms with Crippen molar-refractivity contribution in [1.29, 1.82) is 0 Å². The number of aldehydes is 1. The lowest BCUT2D eigenvalue weighted by Crippen LogP contribution is -2.51. The fourth-order valence-electron chi connectivity index (χ4n) is 3.73. The average molecular weight is 344 g/mol. The molecule has 2 heterocycles. The zero-order valence-corrected chi connectivity index (χ0v) is 14.9. The number of amides is 2. The Morgan fingerprint density at radius 2 is 1.88 bits per heavy atom. The second-order valence-corrected chi connectivity index (χ2v) is 7.65. The van der Waals surface area contributed by atoms with Crippen LogP contribution in [0, 0.1) is 0 Å². The highest BCUT2D eigenvalue weighted by molar-refractivity contribution is 6.09. The second kappa shape index (κ2) is 6.17. The summed E-state index contributed by atoms with van der Waals surface area (Å²) in [5.41, 5.74) is 0.594. The number of rotatable bonds is 2. The predicted octanol–water partition coefficient (Wildman–Crippen LogP) is 2.50. The third-order valence-corrected chi connectivity index (χ3v) is 4.89. The van der Waals surface area contributed by atoms with Crippen LogP contribution >= 0.6 is 0 Å². The monoisotopic (exact) mass is 344 g/mol. The summed E-state index contributed by atoms with van der Waals surface area (Å²) < 4.78 is 5.43. The molecule has 0 radical (unpaired) electrons. The van der Waals surface area contributed by atoms with Gasteiger partial charge in [-0.1, -0.05) is 18.2 Å². The standard InChI is InChI=1S/C19H24N2O4/c1-18(2,3)25-17(24)20-10-8-19(9-11-20)14-6-4-5-7-15(14)21(12-13-22)16(19)23/h4-7,13H,8-12H2,1-3H3. The number of carbonyl (C=O) groups is 3. The summed E-state index contributed by atoms with van der Waals surface area (Å²) in [6, 6.07) is 7.63. The van der Waals surface area contributed by atoms with Gasteiger partial charge in [-0.25, -0.2) is 4.79 Å². The lowest BCUT2D eigenvalue weighted by Gasteiger charge is -2.38. The van der Waals surface area contributed by atoms with E-state index in [1.165, 1.54) is 0 Å². The summed E-state index contributed by atoms with van der Waals surface area (Å²) >= 11 is 0. The van der Waals surface area contributed by atoms with Gasteiger partial charge in [-0.05, 0) is 45.2 Å². The van der Waals surface area contributed by atoms with E-state index < -0.39 is 11.0 Å². The molecule has 0 bridgehead atoms. The molecule has 1 aromatic rings. The zero-order valence-electron chi connectivity index (χ0n) is 14.9. The minimum Gasteiger partial charge on any atom is -0.444 e. The maximum atomic E-state index is 13.1. The molecule has 6 heteroatoms. The average Bonchev–Trinajstić information content (AvgIpc) is 2.78. The van der Waals surface area contributed by atoms with Crippen LogP contribution in [0.5, 0.6) is 0 Å². The molecule has 25 heavy (non-hydrogen) atoms. The van der Waals surface area contributed by atoms with Crippen LogP contribution < -0.4 is 4.90 Å². The number of ether oxygens (including phenoxy) is 1. The number of nitrogens with zero attached hydrogens (tertiary/aromatic N) is 2. The van der Waals surface area contributed by atoms with Crippen molar-refractivity contribution in [1.82, 2.24) is 4.90 Å². The first-order valence-electron chi connectivity index (χ1n) is 8.61. The number of benzene rings is 1. The first kappa shape index (κ1) is 17.5. The van der Waals surface area contributed by atoms with E-state index in [4.69, 9.17) is 4.74 Å². The molecule has 0 aromatic heterocycles. The van der Waals surface area contributed by atoms with Crippen molar-refractivity contribution in [3.8, 4) is 0 Å². The zero-order chi connectivity index (χ0) is 18.2. The fraction of sp³-hybridized carbons (Fsp3) is 0.526. The molecular formula is C19H24N2O4. The van der Waals surface area contributed by atoms with Gasteiger partial charge in [0.15, 0.2) is 0 Å². The van der Waals surface area contributed by atoms with Crippen molar-refractivity contribution in [3.63, 3.8) is 0 Å². The number of hydrogen-bond acceptors (Lipinski definition) is 4. The molecule has 2 aliphatic heterocycles. The van der Waals surface area contributed by atoms with Crippen molar-refractivity contribution in [2.24, 2.45) is 0 Å². The van der Waals surface area contributed by atoms with Gasteiger partial charge in [0.05, 0.1) is 12.0 Å². The Balaban J connectivity index is 1.82. The van der Waals surface area contributed by atoms with Crippen LogP contribution in [0.25, 0.3) is 0 Å².